The first kappa shape index (κ1) is 15.9. The number of likely N-dealkylation sites (N-methyl/N-ethyl adjacent to an activating group) is 1. The van der Waals surface area contributed by atoms with Crippen molar-refractivity contribution in [3.8, 4) is 0 Å². The number of piperidine rings is 1. The van der Waals surface area contributed by atoms with Crippen LogP contribution in [0.2, 0.25) is 0 Å². The second-order valence-corrected chi connectivity index (χ2v) is 5.41. The van der Waals surface area contributed by atoms with Crippen LogP contribution in [-0.2, 0) is 4.79 Å². The lowest BCUT2D eigenvalue weighted by atomic mass is 10.1. The topological polar surface area (TPSA) is 44.4 Å². The summed E-state index contributed by atoms with van der Waals surface area (Å²) >= 11 is 0. The Kier molecular flexibility index (Phi) is 6.14. The molecule has 1 aromatic rings. The van der Waals surface area contributed by atoms with E-state index in [-0.39, 0.29) is 11.6 Å². The number of carbonyl (C=O) groups excluding carboxylic acids is 1. The molecule has 1 atom stereocenters. The lowest BCUT2D eigenvalue weighted by Gasteiger charge is -2.33. The van der Waals surface area contributed by atoms with E-state index >= 15 is 0 Å². The molecule has 0 aromatic heterocycles. The van der Waals surface area contributed by atoms with Crippen LogP contribution in [0, 0.1) is 5.82 Å². The van der Waals surface area contributed by atoms with Gasteiger partial charge in [-0.25, -0.2) is 4.39 Å². The number of carbonyl (C=O) groups is 1. The Morgan fingerprint density at radius 1 is 1.48 bits per heavy atom. The van der Waals surface area contributed by atoms with Crippen molar-refractivity contribution >= 4 is 11.6 Å². The third-order valence-electron chi connectivity index (χ3n) is 3.97. The molecular weight excluding hydrogens is 269 g/mol. The summed E-state index contributed by atoms with van der Waals surface area (Å²) < 4.78 is 13.5. The highest BCUT2D eigenvalue weighted by Gasteiger charge is 2.20. The molecule has 0 radical (unpaired) electrons. The molecule has 1 aromatic carbocycles. The summed E-state index contributed by atoms with van der Waals surface area (Å²) in [5.74, 6) is -0.531. The van der Waals surface area contributed by atoms with Crippen LogP contribution in [0.15, 0.2) is 24.3 Å². The molecule has 1 amide bonds. The van der Waals surface area contributed by atoms with Gasteiger partial charge in [0.15, 0.2) is 0 Å². The molecule has 1 aliphatic heterocycles. The fourth-order valence-electron chi connectivity index (χ4n) is 2.76. The Labute approximate surface area is 125 Å². The first-order valence-corrected chi connectivity index (χ1v) is 7.70. The largest absolute Gasteiger partial charge is 0.324 e. The zero-order valence-electron chi connectivity index (χ0n) is 12.6. The van der Waals surface area contributed by atoms with Crippen LogP contribution in [-0.4, -0.2) is 43.0 Å². The van der Waals surface area contributed by atoms with Crippen molar-refractivity contribution in [1.29, 1.82) is 0 Å². The van der Waals surface area contributed by atoms with Gasteiger partial charge in [0.2, 0.25) is 5.91 Å². The molecule has 1 unspecified atom stereocenters. The first-order valence-electron chi connectivity index (χ1n) is 7.70. The highest BCUT2D eigenvalue weighted by molar-refractivity contribution is 5.90. The van der Waals surface area contributed by atoms with E-state index in [2.05, 4.69) is 22.5 Å². The Morgan fingerprint density at radius 3 is 2.95 bits per heavy atom. The fourth-order valence-corrected chi connectivity index (χ4v) is 2.76. The van der Waals surface area contributed by atoms with Gasteiger partial charge in [-0.1, -0.05) is 19.1 Å². The quantitative estimate of drug-likeness (QED) is 0.845. The van der Waals surface area contributed by atoms with Crippen molar-refractivity contribution in [3.05, 3.63) is 30.1 Å². The van der Waals surface area contributed by atoms with E-state index in [1.165, 1.54) is 18.9 Å². The molecule has 0 bridgehead atoms. The molecule has 116 valence electrons. The lowest BCUT2D eigenvalue weighted by molar-refractivity contribution is -0.116. The van der Waals surface area contributed by atoms with Crippen LogP contribution in [0.4, 0.5) is 10.1 Å². The maximum absolute atomic E-state index is 13.5. The van der Waals surface area contributed by atoms with Crippen molar-refractivity contribution in [2.24, 2.45) is 0 Å². The molecule has 1 aliphatic rings. The van der Waals surface area contributed by atoms with Gasteiger partial charge in [0.05, 0.1) is 5.69 Å². The second-order valence-electron chi connectivity index (χ2n) is 5.41. The second kappa shape index (κ2) is 8.10. The van der Waals surface area contributed by atoms with E-state index in [0.717, 1.165) is 19.6 Å². The predicted molar refractivity (Wildman–Crippen MR) is 82.8 cm³/mol. The van der Waals surface area contributed by atoms with Crippen LogP contribution in [0.3, 0.4) is 0 Å². The molecule has 1 saturated heterocycles. The maximum Gasteiger partial charge on any atom is 0.225 e. The van der Waals surface area contributed by atoms with Gasteiger partial charge in [-0.2, -0.15) is 0 Å². The van der Waals surface area contributed by atoms with Crippen LogP contribution in [0.25, 0.3) is 0 Å². The molecule has 21 heavy (non-hydrogen) atoms. The molecule has 2 N–H and O–H groups in total. The molecule has 1 heterocycles. The van der Waals surface area contributed by atoms with E-state index in [4.69, 9.17) is 0 Å². The summed E-state index contributed by atoms with van der Waals surface area (Å²) in [4.78, 5) is 14.3. The standard InChI is InChI=1S/C16H24FN3O/c1-2-20(13-6-5-10-18-12-13)11-9-16(21)19-15-8-4-3-7-14(15)17/h3-4,7-8,13,18H,2,5-6,9-12H2,1H3,(H,19,21). The number of para-hydroxylation sites is 1. The number of nitrogens with one attached hydrogen (secondary N) is 2. The molecule has 1 fully saturated rings. The Morgan fingerprint density at radius 2 is 2.29 bits per heavy atom. The van der Waals surface area contributed by atoms with Gasteiger partial charge in [-0.15, -0.1) is 0 Å². The lowest BCUT2D eigenvalue weighted by Crippen LogP contribution is -2.46. The van der Waals surface area contributed by atoms with Crippen molar-refractivity contribution < 1.29 is 9.18 Å². The van der Waals surface area contributed by atoms with Gasteiger partial charge in [-0.3, -0.25) is 9.69 Å². The molecule has 4 nitrogen and oxygen atoms in total. The normalized spacial score (nSPS) is 18.7. The number of benzene rings is 1. The zero-order valence-corrected chi connectivity index (χ0v) is 12.6. The van der Waals surface area contributed by atoms with E-state index in [0.29, 0.717) is 19.0 Å². The van der Waals surface area contributed by atoms with E-state index < -0.39 is 5.82 Å². The summed E-state index contributed by atoms with van der Waals surface area (Å²) in [6.45, 7) is 5.83. The molecule has 5 heteroatoms. The SMILES string of the molecule is CCN(CCC(=O)Nc1ccccc1F)C1CCCNC1. The zero-order chi connectivity index (χ0) is 15.1. The van der Waals surface area contributed by atoms with Crippen LogP contribution < -0.4 is 10.6 Å². The number of hydrogen-bond acceptors (Lipinski definition) is 3. The molecule has 0 saturated carbocycles. The summed E-state index contributed by atoms with van der Waals surface area (Å²) in [5.41, 5.74) is 0.255. The molecule has 2 rings (SSSR count). The summed E-state index contributed by atoms with van der Waals surface area (Å²) in [6.07, 6.45) is 2.75. The van der Waals surface area contributed by atoms with Gasteiger partial charge < -0.3 is 10.6 Å². The number of nitrogens with zero attached hydrogens (tertiary/aromatic N) is 1. The minimum Gasteiger partial charge on any atom is -0.324 e. The number of rotatable bonds is 6. The third-order valence-corrected chi connectivity index (χ3v) is 3.97. The molecule has 0 spiro atoms. The highest BCUT2D eigenvalue weighted by atomic mass is 19.1. The number of anilines is 1. The Bertz CT molecular complexity index is 461. The Hall–Kier alpha value is -1.46. The van der Waals surface area contributed by atoms with Gasteiger partial charge in [-0.05, 0) is 38.1 Å². The van der Waals surface area contributed by atoms with Crippen molar-refractivity contribution in [3.63, 3.8) is 0 Å². The summed E-state index contributed by atoms with van der Waals surface area (Å²) in [7, 11) is 0. The maximum atomic E-state index is 13.5. The Balaban J connectivity index is 1.80. The van der Waals surface area contributed by atoms with Crippen molar-refractivity contribution in [2.45, 2.75) is 32.2 Å². The summed E-state index contributed by atoms with van der Waals surface area (Å²) in [5, 5.41) is 6.03. The van der Waals surface area contributed by atoms with E-state index in [1.807, 2.05) is 0 Å². The van der Waals surface area contributed by atoms with Gasteiger partial charge >= 0.3 is 0 Å². The first-order chi connectivity index (χ1) is 10.2. The number of halogens is 1. The fraction of sp³-hybridized carbons (Fsp3) is 0.562. The van der Waals surface area contributed by atoms with Crippen molar-refractivity contribution in [2.75, 3.05) is 31.5 Å². The average molecular weight is 293 g/mol. The minimum absolute atomic E-state index is 0.137. The summed E-state index contributed by atoms with van der Waals surface area (Å²) in [6, 6.07) is 6.76. The monoisotopic (exact) mass is 293 g/mol. The molecular formula is C16H24FN3O. The van der Waals surface area contributed by atoms with Crippen LogP contribution in [0.5, 0.6) is 0 Å². The van der Waals surface area contributed by atoms with Gasteiger partial charge in [0.25, 0.3) is 0 Å². The van der Waals surface area contributed by atoms with E-state index in [9.17, 15) is 9.18 Å². The van der Waals surface area contributed by atoms with Crippen LogP contribution in [0.1, 0.15) is 26.2 Å². The van der Waals surface area contributed by atoms with Gasteiger partial charge in [0, 0.05) is 25.6 Å². The minimum atomic E-state index is -0.394. The van der Waals surface area contributed by atoms with Crippen molar-refractivity contribution in [1.82, 2.24) is 10.2 Å². The molecule has 0 aliphatic carbocycles. The third kappa shape index (κ3) is 4.79. The van der Waals surface area contributed by atoms with Crippen LogP contribution >= 0.6 is 0 Å². The average Bonchev–Trinajstić information content (AvgIpc) is 2.51. The predicted octanol–water partition coefficient (Wildman–Crippen LogP) is 2.23. The van der Waals surface area contributed by atoms with Gasteiger partial charge in [0.1, 0.15) is 5.82 Å². The number of hydrogen-bond donors (Lipinski definition) is 2. The van der Waals surface area contributed by atoms with E-state index in [1.54, 1.807) is 18.2 Å². The highest BCUT2D eigenvalue weighted by Crippen LogP contribution is 2.14. The number of amides is 1. The smallest absolute Gasteiger partial charge is 0.225 e.